The van der Waals surface area contributed by atoms with Gasteiger partial charge in [0.05, 0.1) is 16.4 Å². The Labute approximate surface area is 248 Å². The molecule has 1 spiro atoms. The second kappa shape index (κ2) is 8.11. The fourth-order valence-corrected chi connectivity index (χ4v) is 8.19. The van der Waals surface area contributed by atoms with E-state index in [4.69, 9.17) is 9.40 Å². The smallest absolute Gasteiger partial charge is 0.141 e. The summed E-state index contributed by atoms with van der Waals surface area (Å²) < 4.78 is 8.76. The Morgan fingerprint density at radius 3 is 2.16 bits per heavy atom. The van der Waals surface area contributed by atoms with Gasteiger partial charge in [-0.1, -0.05) is 97.1 Å². The van der Waals surface area contributed by atoms with Crippen LogP contribution in [-0.2, 0) is 12.0 Å². The van der Waals surface area contributed by atoms with Crippen molar-refractivity contribution in [1.29, 1.82) is 0 Å². The number of aromatic nitrogens is 2. The molecule has 2 aromatic heterocycles. The van der Waals surface area contributed by atoms with Crippen LogP contribution in [0.2, 0.25) is 0 Å². The van der Waals surface area contributed by atoms with E-state index in [1.165, 1.54) is 55.6 Å². The van der Waals surface area contributed by atoms with Crippen molar-refractivity contribution in [2.24, 2.45) is 0 Å². The van der Waals surface area contributed by atoms with E-state index >= 15 is 0 Å². The summed E-state index contributed by atoms with van der Waals surface area (Å²) in [6.45, 7) is 3.06. The molecule has 202 valence electrons. The normalized spacial score (nSPS) is 16.2. The van der Waals surface area contributed by atoms with Crippen LogP contribution in [0.4, 0.5) is 0 Å². The van der Waals surface area contributed by atoms with Gasteiger partial charge in [0.1, 0.15) is 17.0 Å². The van der Waals surface area contributed by atoms with Crippen LogP contribution in [0.25, 0.3) is 66.6 Å². The number of nitrogens with zero attached hydrogens (tertiary/aromatic N) is 2. The zero-order chi connectivity index (χ0) is 28.3. The molecule has 6 aromatic carbocycles. The highest BCUT2D eigenvalue weighted by Gasteiger charge is 2.52. The summed E-state index contributed by atoms with van der Waals surface area (Å²) in [6, 6.07) is 46.4. The van der Waals surface area contributed by atoms with Gasteiger partial charge in [-0.3, -0.25) is 0 Å². The lowest BCUT2D eigenvalue weighted by Gasteiger charge is -2.30. The zero-order valence-corrected chi connectivity index (χ0v) is 23.6. The average Bonchev–Trinajstić information content (AvgIpc) is 3.78. The molecule has 0 N–H and O–H groups in total. The number of rotatable bonds is 2. The first kappa shape index (κ1) is 23.2. The molecule has 0 saturated carbocycles. The van der Waals surface area contributed by atoms with Crippen LogP contribution in [0.1, 0.15) is 29.2 Å². The summed E-state index contributed by atoms with van der Waals surface area (Å²) in [5, 5.41) is 2.32. The van der Waals surface area contributed by atoms with Crippen LogP contribution in [0.15, 0.2) is 132 Å². The molecule has 0 amide bonds. The van der Waals surface area contributed by atoms with Gasteiger partial charge in [-0.05, 0) is 81.8 Å². The number of imidazole rings is 1. The van der Waals surface area contributed by atoms with E-state index < -0.39 is 5.41 Å². The molecule has 0 radical (unpaired) electrons. The number of furan rings is 1. The van der Waals surface area contributed by atoms with Gasteiger partial charge in [0, 0.05) is 22.9 Å². The largest absolute Gasteiger partial charge is 0.456 e. The highest BCUT2D eigenvalue weighted by molar-refractivity contribution is 6.09. The summed E-state index contributed by atoms with van der Waals surface area (Å²) in [5.74, 6) is 1.02. The molecule has 0 bridgehead atoms. The predicted molar refractivity (Wildman–Crippen MR) is 174 cm³/mol. The number of aryl methyl sites for hydroxylation is 1. The SMILES string of the molecule is CCn1c(-c2cccc3c2-c2ccccc2C32c3ccccc3-c3cc4oc5ccccc5c4cc32)nc2ccccc21. The molecule has 1 atom stereocenters. The van der Waals surface area contributed by atoms with E-state index in [2.05, 4.69) is 133 Å². The molecule has 3 heteroatoms. The van der Waals surface area contributed by atoms with Crippen molar-refractivity contribution in [3.8, 4) is 33.6 Å². The van der Waals surface area contributed by atoms with Crippen LogP contribution in [0.5, 0.6) is 0 Å². The minimum absolute atomic E-state index is 0.441. The number of para-hydroxylation sites is 3. The van der Waals surface area contributed by atoms with Gasteiger partial charge in [-0.25, -0.2) is 4.98 Å². The molecule has 2 aliphatic rings. The standard InChI is InChI=1S/C40H26N2O/c1-2-42-35-20-9-8-19-34(35)41-39(42)27-15-11-18-32-38(27)26-14-4-7-17-31(26)40(32)30-16-6-3-12-24(30)28-23-37-29(22-33(28)40)25-13-5-10-21-36(25)43-37/h3-23H,2H2,1H3. The lowest BCUT2D eigenvalue weighted by atomic mass is 9.70. The van der Waals surface area contributed by atoms with Crippen LogP contribution in [0.3, 0.4) is 0 Å². The second-order valence-corrected chi connectivity index (χ2v) is 11.7. The number of fused-ring (bicyclic) bond motifs is 14. The maximum absolute atomic E-state index is 6.40. The van der Waals surface area contributed by atoms with Gasteiger partial charge in [-0.15, -0.1) is 0 Å². The maximum Gasteiger partial charge on any atom is 0.141 e. The van der Waals surface area contributed by atoms with Gasteiger partial charge < -0.3 is 8.98 Å². The third kappa shape index (κ3) is 2.73. The first-order chi connectivity index (χ1) is 21.3. The Kier molecular flexibility index (Phi) is 4.37. The minimum Gasteiger partial charge on any atom is -0.456 e. The topological polar surface area (TPSA) is 31.0 Å². The molecule has 10 rings (SSSR count). The van der Waals surface area contributed by atoms with Crippen molar-refractivity contribution in [2.75, 3.05) is 0 Å². The molecule has 1 unspecified atom stereocenters. The van der Waals surface area contributed by atoms with Gasteiger partial charge in [0.2, 0.25) is 0 Å². The van der Waals surface area contributed by atoms with Crippen molar-refractivity contribution in [3.05, 3.63) is 150 Å². The van der Waals surface area contributed by atoms with Crippen molar-refractivity contribution < 1.29 is 4.42 Å². The maximum atomic E-state index is 6.40. The van der Waals surface area contributed by atoms with Crippen LogP contribution < -0.4 is 0 Å². The van der Waals surface area contributed by atoms with Gasteiger partial charge in [-0.2, -0.15) is 0 Å². The van der Waals surface area contributed by atoms with E-state index in [1.807, 2.05) is 6.07 Å². The lowest BCUT2D eigenvalue weighted by Crippen LogP contribution is -2.25. The summed E-state index contributed by atoms with van der Waals surface area (Å²) in [7, 11) is 0. The van der Waals surface area contributed by atoms with E-state index in [0.29, 0.717) is 0 Å². The first-order valence-corrected chi connectivity index (χ1v) is 15.0. The fraction of sp³-hybridized carbons (Fsp3) is 0.0750. The van der Waals surface area contributed by atoms with Crippen molar-refractivity contribution in [2.45, 2.75) is 18.9 Å². The Morgan fingerprint density at radius 2 is 1.28 bits per heavy atom. The molecule has 8 aromatic rings. The predicted octanol–water partition coefficient (Wildman–Crippen LogP) is 9.97. The Bertz CT molecular complexity index is 2460. The third-order valence-corrected chi connectivity index (χ3v) is 9.82. The number of hydrogen-bond donors (Lipinski definition) is 0. The van der Waals surface area contributed by atoms with E-state index in [1.54, 1.807) is 0 Å². The van der Waals surface area contributed by atoms with Gasteiger partial charge in [0.15, 0.2) is 0 Å². The molecule has 0 aliphatic heterocycles. The molecule has 0 fully saturated rings. The fourth-order valence-electron chi connectivity index (χ4n) is 8.19. The summed E-state index contributed by atoms with van der Waals surface area (Å²) in [6.07, 6.45) is 0. The highest BCUT2D eigenvalue weighted by Crippen LogP contribution is 2.64. The van der Waals surface area contributed by atoms with E-state index in [-0.39, 0.29) is 0 Å². The average molecular weight is 551 g/mol. The lowest BCUT2D eigenvalue weighted by molar-refractivity contribution is 0.669. The van der Waals surface area contributed by atoms with Crippen molar-refractivity contribution >= 4 is 33.0 Å². The third-order valence-electron chi connectivity index (χ3n) is 9.82. The second-order valence-electron chi connectivity index (χ2n) is 11.7. The Hall–Kier alpha value is -5.41. The monoisotopic (exact) mass is 550 g/mol. The van der Waals surface area contributed by atoms with Crippen LogP contribution in [0, 0.1) is 0 Å². The molecule has 3 nitrogen and oxygen atoms in total. The minimum atomic E-state index is -0.441. The Balaban J connectivity index is 1.37. The van der Waals surface area contributed by atoms with Crippen LogP contribution in [-0.4, -0.2) is 9.55 Å². The number of hydrogen-bond acceptors (Lipinski definition) is 2. The number of benzene rings is 6. The van der Waals surface area contributed by atoms with E-state index in [9.17, 15) is 0 Å². The zero-order valence-electron chi connectivity index (χ0n) is 23.6. The molecule has 43 heavy (non-hydrogen) atoms. The molecular weight excluding hydrogens is 524 g/mol. The Morgan fingerprint density at radius 1 is 0.581 bits per heavy atom. The van der Waals surface area contributed by atoms with E-state index in [0.717, 1.165) is 39.8 Å². The summed E-state index contributed by atoms with van der Waals surface area (Å²) >= 11 is 0. The quantitative estimate of drug-likeness (QED) is 0.214. The van der Waals surface area contributed by atoms with Gasteiger partial charge >= 0.3 is 0 Å². The molecular formula is C40H26N2O. The summed E-state index contributed by atoms with van der Waals surface area (Å²) in [4.78, 5) is 5.23. The molecule has 0 saturated heterocycles. The van der Waals surface area contributed by atoms with Gasteiger partial charge in [0.25, 0.3) is 0 Å². The van der Waals surface area contributed by atoms with Crippen LogP contribution >= 0.6 is 0 Å². The molecule has 2 heterocycles. The van der Waals surface area contributed by atoms with Crippen molar-refractivity contribution in [1.82, 2.24) is 9.55 Å². The highest BCUT2D eigenvalue weighted by atomic mass is 16.3. The molecule has 2 aliphatic carbocycles. The first-order valence-electron chi connectivity index (χ1n) is 15.0. The van der Waals surface area contributed by atoms with Crippen molar-refractivity contribution in [3.63, 3.8) is 0 Å². The summed E-state index contributed by atoms with van der Waals surface area (Å²) in [5.41, 5.74) is 15.2.